The molecule has 0 spiro atoms. The molecule has 4 nitrogen and oxygen atoms in total. The van der Waals surface area contributed by atoms with E-state index in [4.69, 9.17) is 21.1 Å². The summed E-state index contributed by atoms with van der Waals surface area (Å²) in [6.07, 6.45) is 7.80. The van der Waals surface area contributed by atoms with E-state index in [1.807, 2.05) is 18.2 Å². The van der Waals surface area contributed by atoms with Gasteiger partial charge in [-0.3, -0.25) is 5.43 Å². The van der Waals surface area contributed by atoms with Crippen molar-refractivity contribution in [3.05, 3.63) is 46.7 Å². The number of aryl methyl sites for hydroxylation is 1. The van der Waals surface area contributed by atoms with Crippen molar-refractivity contribution >= 4 is 17.3 Å². The van der Waals surface area contributed by atoms with Gasteiger partial charge in [0.1, 0.15) is 5.76 Å². The zero-order chi connectivity index (χ0) is 17.9. The standard InChI is InChI=1S/C20H29ClN2O2/c1-3-5-13-24-19-15-18(22-23-20(19)25-14-6-4-2)12-9-16-7-10-17(21)11-8-16/h7-8,10-11,15,20,23H,3-6,9,12-14H2,1-2H3. The van der Waals surface area contributed by atoms with Crippen molar-refractivity contribution in [1.82, 2.24) is 5.43 Å². The molecule has 1 N–H and O–H groups in total. The maximum Gasteiger partial charge on any atom is 0.200 e. The van der Waals surface area contributed by atoms with Crippen molar-refractivity contribution in [2.45, 2.75) is 58.6 Å². The molecular formula is C20H29ClN2O2. The summed E-state index contributed by atoms with van der Waals surface area (Å²) < 4.78 is 11.8. The molecule has 0 radical (unpaired) electrons. The van der Waals surface area contributed by atoms with Crippen LogP contribution in [0.4, 0.5) is 0 Å². The fourth-order valence-electron chi connectivity index (χ4n) is 2.45. The fraction of sp³-hybridized carbons (Fsp3) is 0.550. The first-order chi connectivity index (χ1) is 12.2. The second-order valence-corrected chi connectivity index (χ2v) is 6.65. The molecule has 0 saturated heterocycles. The number of nitrogens with one attached hydrogen (secondary N) is 1. The summed E-state index contributed by atoms with van der Waals surface area (Å²) in [5.41, 5.74) is 5.33. The number of rotatable bonds is 11. The van der Waals surface area contributed by atoms with Gasteiger partial charge >= 0.3 is 0 Å². The van der Waals surface area contributed by atoms with Gasteiger partial charge in [0.25, 0.3) is 0 Å². The maximum atomic E-state index is 5.94. The second-order valence-electron chi connectivity index (χ2n) is 6.21. The highest BCUT2D eigenvalue weighted by Crippen LogP contribution is 2.16. The Bertz CT molecular complexity index is 570. The SMILES string of the molecule is CCCCOC1=CC(CCc2ccc(Cl)cc2)=NNC1OCCCC. The van der Waals surface area contributed by atoms with E-state index in [2.05, 4.69) is 36.5 Å². The summed E-state index contributed by atoms with van der Waals surface area (Å²) in [4.78, 5) is 0. The van der Waals surface area contributed by atoms with E-state index in [1.54, 1.807) is 0 Å². The van der Waals surface area contributed by atoms with Gasteiger partial charge in [-0.05, 0) is 43.4 Å². The summed E-state index contributed by atoms with van der Waals surface area (Å²) in [7, 11) is 0. The zero-order valence-corrected chi connectivity index (χ0v) is 16.0. The normalized spacial score (nSPS) is 16.8. The first-order valence-electron chi connectivity index (χ1n) is 9.25. The number of hydrazone groups is 1. The summed E-state index contributed by atoms with van der Waals surface area (Å²) in [6.45, 7) is 5.73. The van der Waals surface area contributed by atoms with E-state index in [1.165, 1.54) is 5.56 Å². The molecule has 0 fully saturated rings. The third-order valence-electron chi connectivity index (χ3n) is 4.02. The van der Waals surface area contributed by atoms with Gasteiger partial charge in [0.15, 0.2) is 0 Å². The quantitative estimate of drug-likeness (QED) is 0.557. The van der Waals surface area contributed by atoms with Gasteiger partial charge in [0.2, 0.25) is 6.23 Å². The number of unbranched alkanes of at least 4 members (excludes halogenated alkanes) is 2. The van der Waals surface area contributed by atoms with Crippen LogP contribution < -0.4 is 5.43 Å². The highest BCUT2D eigenvalue weighted by molar-refractivity contribution is 6.30. The number of halogens is 1. The lowest BCUT2D eigenvalue weighted by Gasteiger charge is -2.25. The minimum atomic E-state index is -0.275. The minimum Gasteiger partial charge on any atom is -0.493 e. The first kappa shape index (κ1) is 19.8. The van der Waals surface area contributed by atoms with Crippen LogP contribution in [0.25, 0.3) is 0 Å². The molecule has 0 amide bonds. The van der Waals surface area contributed by atoms with E-state index >= 15 is 0 Å². The molecule has 0 bridgehead atoms. The summed E-state index contributed by atoms with van der Waals surface area (Å²) in [5.74, 6) is 0.839. The van der Waals surface area contributed by atoms with Gasteiger partial charge in [0, 0.05) is 17.7 Å². The van der Waals surface area contributed by atoms with Crippen molar-refractivity contribution in [3.8, 4) is 0 Å². The van der Waals surface area contributed by atoms with Crippen LogP contribution in [0.15, 0.2) is 41.2 Å². The fourth-order valence-corrected chi connectivity index (χ4v) is 2.57. The number of benzene rings is 1. The number of hydrogen-bond donors (Lipinski definition) is 1. The molecule has 0 aliphatic carbocycles. The van der Waals surface area contributed by atoms with Crippen LogP contribution >= 0.6 is 11.6 Å². The molecule has 0 aromatic heterocycles. The van der Waals surface area contributed by atoms with Crippen molar-refractivity contribution in [3.63, 3.8) is 0 Å². The third kappa shape index (κ3) is 7.09. The predicted octanol–water partition coefficient (Wildman–Crippen LogP) is 5.08. The van der Waals surface area contributed by atoms with Crippen LogP contribution in [-0.4, -0.2) is 25.2 Å². The average molecular weight is 365 g/mol. The molecule has 1 aliphatic heterocycles. The molecule has 1 aromatic rings. The minimum absolute atomic E-state index is 0.275. The lowest BCUT2D eigenvalue weighted by molar-refractivity contribution is 0.00707. The second kappa shape index (κ2) is 11.2. The summed E-state index contributed by atoms with van der Waals surface area (Å²) in [6, 6.07) is 7.95. The molecule has 1 heterocycles. The van der Waals surface area contributed by atoms with Crippen molar-refractivity contribution in [2.24, 2.45) is 5.10 Å². The van der Waals surface area contributed by atoms with E-state index in [-0.39, 0.29) is 6.23 Å². The van der Waals surface area contributed by atoms with Gasteiger partial charge in [-0.15, -0.1) is 0 Å². The molecule has 0 saturated carbocycles. The van der Waals surface area contributed by atoms with Crippen LogP contribution in [0.1, 0.15) is 51.5 Å². The van der Waals surface area contributed by atoms with Gasteiger partial charge in [-0.25, -0.2) is 0 Å². The molecular weight excluding hydrogens is 336 g/mol. The Hall–Kier alpha value is -1.52. The van der Waals surface area contributed by atoms with Crippen LogP contribution in [-0.2, 0) is 15.9 Å². The van der Waals surface area contributed by atoms with Crippen LogP contribution in [0.3, 0.4) is 0 Å². The van der Waals surface area contributed by atoms with Crippen molar-refractivity contribution < 1.29 is 9.47 Å². The van der Waals surface area contributed by atoms with Crippen LogP contribution in [0.5, 0.6) is 0 Å². The maximum absolute atomic E-state index is 5.94. The summed E-state index contributed by atoms with van der Waals surface area (Å²) >= 11 is 5.93. The zero-order valence-electron chi connectivity index (χ0n) is 15.3. The highest BCUT2D eigenvalue weighted by atomic mass is 35.5. The smallest absolute Gasteiger partial charge is 0.200 e. The Morgan fingerprint density at radius 2 is 1.76 bits per heavy atom. The van der Waals surface area contributed by atoms with Gasteiger partial charge in [-0.1, -0.05) is 50.4 Å². The Kier molecular flexibility index (Phi) is 8.84. The number of allylic oxidation sites excluding steroid dienone is 1. The third-order valence-corrected chi connectivity index (χ3v) is 4.28. The molecule has 1 aliphatic rings. The predicted molar refractivity (Wildman–Crippen MR) is 104 cm³/mol. The average Bonchev–Trinajstić information content (AvgIpc) is 2.63. The monoisotopic (exact) mass is 364 g/mol. The Morgan fingerprint density at radius 1 is 1.04 bits per heavy atom. The first-order valence-corrected chi connectivity index (χ1v) is 9.63. The Balaban J connectivity index is 1.92. The molecule has 5 heteroatoms. The van der Waals surface area contributed by atoms with E-state index in [9.17, 15) is 0 Å². The van der Waals surface area contributed by atoms with Gasteiger partial charge in [0.05, 0.1) is 12.3 Å². The largest absolute Gasteiger partial charge is 0.493 e. The van der Waals surface area contributed by atoms with Crippen molar-refractivity contribution in [2.75, 3.05) is 13.2 Å². The molecule has 25 heavy (non-hydrogen) atoms. The van der Waals surface area contributed by atoms with Crippen LogP contribution in [0.2, 0.25) is 5.02 Å². The van der Waals surface area contributed by atoms with Crippen molar-refractivity contribution in [1.29, 1.82) is 0 Å². The molecule has 138 valence electrons. The molecule has 2 rings (SSSR count). The lowest BCUT2D eigenvalue weighted by Crippen LogP contribution is -2.35. The number of nitrogens with zero attached hydrogens (tertiary/aromatic N) is 1. The highest BCUT2D eigenvalue weighted by Gasteiger charge is 2.20. The van der Waals surface area contributed by atoms with E-state index < -0.39 is 0 Å². The van der Waals surface area contributed by atoms with Crippen LogP contribution in [0, 0.1) is 0 Å². The van der Waals surface area contributed by atoms with Gasteiger partial charge < -0.3 is 9.47 Å². The molecule has 1 unspecified atom stereocenters. The number of ether oxygens (including phenoxy) is 2. The molecule has 1 atom stereocenters. The van der Waals surface area contributed by atoms with Gasteiger partial charge in [-0.2, -0.15) is 5.10 Å². The lowest BCUT2D eigenvalue weighted by atomic mass is 10.1. The topological polar surface area (TPSA) is 42.8 Å². The Labute approximate surface area is 156 Å². The Morgan fingerprint density at radius 3 is 2.48 bits per heavy atom. The molecule has 1 aromatic carbocycles. The number of hydrogen-bond acceptors (Lipinski definition) is 4. The van der Waals surface area contributed by atoms with E-state index in [0.717, 1.165) is 55.0 Å². The summed E-state index contributed by atoms with van der Waals surface area (Å²) in [5, 5.41) is 5.22. The van der Waals surface area contributed by atoms with E-state index in [0.29, 0.717) is 13.2 Å².